The first-order valence-electron chi connectivity index (χ1n) is 6.95. The van der Waals surface area contributed by atoms with Crippen molar-refractivity contribution in [1.29, 1.82) is 0 Å². The van der Waals surface area contributed by atoms with Crippen molar-refractivity contribution in [2.24, 2.45) is 5.92 Å². The summed E-state index contributed by atoms with van der Waals surface area (Å²) in [5.41, 5.74) is 0.960. The fourth-order valence-electron chi connectivity index (χ4n) is 2.63. The van der Waals surface area contributed by atoms with E-state index < -0.39 is 18.1 Å². The lowest BCUT2D eigenvalue weighted by atomic mass is 9.95. The number of methoxy groups -OCH3 is 2. The third-order valence-electron chi connectivity index (χ3n) is 3.90. The number of benzene rings is 1. The summed E-state index contributed by atoms with van der Waals surface area (Å²) < 4.78 is 48.1. The summed E-state index contributed by atoms with van der Waals surface area (Å²) in [6, 6.07) is 4.78. The molecule has 1 aliphatic rings. The lowest BCUT2D eigenvalue weighted by Crippen LogP contribution is -2.39. The Morgan fingerprint density at radius 2 is 1.86 bits per heavy atom. The number of rotatable bonds is 3. The van der Waals surface area contributed by atoms with E-state index in [0.29, 0.717) is 17.0 Å². The maximum atomic E-state index is 12.7. The topological polar surface area (TPSA) is 38.8 Å². The quantitative estimate of drug-likeness (QED) is 0.802. The number of anilines is 1. The molecule has 1 aliphatic heterocycles. The van der Waals surface area contributed by atoms with Crippen molar-refractivity contribution in [3.05, 3.63) is 23.8 Å². The third kappa shape index (κ3) is 3.45. The minimum Gasteiger partial charge on any atom is -0.495 e. The SMILES string of the molecule is COC(=O)c1ccc(OC)c(N2CCC(C(F)(F)F)CC2)c1. The lowest BCUT2D eigenvalue weighted by Gasteiger charge is -2.35. The van der Waals surface area contributed by atoms with E-state index in [1.807, 2.05) is 4.90 Å². The van der Waals surface area contributed by atoms with Crippen molar-refractivity contribution in [2.45, 2.75) is 19.0 Å². The number of piperidine rings is 1. The third-order valence-corrected chi connectivity index (χ3v) is 3.90. The molecule has 0 amide bonds. The highest BCUT2D eigenvalue weighted by molar-refractivity contribution is 5.91. The van der Waals surface area contributed by atoms with Crippen molar-refractivity contribution in [3.63, 3.8) is 0 Å². The van der Waals surface area contributed by atoms with E-state index in [1.165, 1.54) is 14.2 Å². The molecule has 1 aromatic carbocycles. The second kappa shape index (κ2) is 6.46. The van der Waals surface area contributed by atoms with Crippen molar-refractivity contribution in [2.75, 3.05) is 32.2 Å². The summed E-state index contributed by atoms with van der Waals surface area (Å²) in [7, 11) is 2.76. The molecule has 0 unspecified atom stereocenters. The number of halogens is 3. The Balaban J connectivity index is 2.20. The zero-order valence-corrected chi connectivity index (χ0v) is 12.4. The summed E-state index contributed by atoms with van der Waals surface area (Å²) in [6.45, 7) is 0.538. The van der Waals surface area contributed by atoms with E-state index in [1.54, 1.807) is 18.2 Å². The molecule has 0 aromatic heterocycles. The molecule has 22 heavy (non-hydrogen) atoms. The first-order chi connectivity index (χ1) is 10.4. The van der Waals surface area contributed by atoms with Crippen molar-refractivity contribution < 1.29 is 27.4 Å². The van der Waals surface area contributed by atoms with Crippen LogP contribution in [0.4, 0.5) is 18.9 Å². The minimum atomic E-state index is -4.15. The molecule has 0 N–H and O–H groups in total. The van der Waals surface area contributed by atoms with Gasteiger partial charge in [0.25, 0.3) is 0 Å². The highest BCUT2D eigenvalue weighted by Gasteiger charge is 2.41. The number of hydrogen-bond acceptors (Lipinski definition) is 4. The van der Waals surface area contributed by atoms with Gasteiger partial charge >= 0.3 is 12.1 Å². The van der Waals surface area contributed by atoms with Crippen LogP contribution in [0.1, 0.15) is 23.2 Å². The van der Waals surface area contributed by atoms with Gasteiger partial charge in [-0.3, -0.25) is 0 Å². The van der Waals surface area contributed by atoms with E-state index in [-0.39, 0.29) is 25.9 Å². The van der Waals surface area contributed by atoms with Crippen LogP contribution in [0.3, 0.4) is 0 Å². The van der Waals surface area contributed by atoms with Crippen LogP contribution >= 0.6 is 0 Å². The predicted molar refractivity (Wildman–Crippen MR) is 75.3 cm³/mol. The summed E-state index contributed by atoms with van der Waals surface area (Å²) >= 11 is 0. The number of nitrogens with zero attached hydrogens (tertiary/aromatic N) is 1. The number of hydrogen-bond donors (Lipinski definition) is 0. The van der Waals surface area contributed by atoms with Crippen LogP contribution in [0, 0.1) is 5.92 Å². The molecule has 2 rings (SSSR count). The van der Waals surface area contributed by atoms with Gasteiger partial charge in [0.15, 0.2) is 0 Å². The van der Waals surface area contributed by atoms with Crippen LogP contribution < -0.4 is 9.64 Å². The van der Waals surface area contributed by atoms with E-state index in [0.717, 1.165) is 0 Å². The molecule has 0 atom stereocenters. The van der Waals surface area contributed by atoms with Crippen LogP contribution in [-0.4, -0.2) is 39.5 Å². The van der Waals surface area contributed by atoms with Gasteiger partial charge < -0.3 is 14.4 Å². The Hall–Kier alpha value is -1.92. The van der Waals surface area contributed by atoms with Crippen molar-refractivity contribution in [3.8, 4) is 5.75 Å². The molecule has 0 radical (unpaired) electrons. The van der Waals surface area contributed by atoms with Gasteiger partial charge in [0.2, 0.25) is 0 Å². The second-order valence-electron chi connectivity index (χ2n) is 5.18. The Morgan fingerprint density at radius 3 is 2.36 bits per heavy atom. The molecule has 0 saturated carbocycles. The van der Waals surface area contributed by atoms with Crippen LogP contribution in [0.5, 0.6) is 5.75 Å². The van der Waals surface area contributed by atoms with Gasteiger partial charge in [0.1, 0.15) is 5.75 Å². The highest BCUT2D eigenvalue weighted by Crippen LogP contribution is 2.38. The summed E-state index contributed by atoms with van der Waals surface area (Å²) in [6.07, 6.45) is -4.08. The molecule has 1 saturated heterocycles. The van der Waals surface area contributed by atoms with Gasteiger partial charge in [-0.25, -0.2) is 4.79 Å². The van der Waals surface area contributed by atoms with Crippen molar-refractivity contribution in [1.82, 2.24) is 0 Å². The average molecular weight is 317 g/mol. The Labute approximate surface area is 126 Å². The van der Waals surface area contributed by atoms with Gasteiger partial charge in [0, 0.05) is 13.1 Å². The van der Waals surface area contributed by atoms with E-state index in [9.17, 15) is 18.0 Å². The molecule has 7 heteroatoms. The first-order valence-corrected chi connectivity index (χ1v) is 6.95. The number of carbonyl (C=O) groups is 1. The fraction of sp³-hybridized carbons (Fsp3) is 0.533. The number of ether oxygens (including phenoxy) is 2. The Kier molecular flexibility index (Phi) is 4.83. The molecule has 1 heterocycles. The van der Waals surface area contributed by atoms with Crippen LogP contribution in [0.15, 0.2) is 18.2 Å². The van der Waals surface area contributed by atoms with Gasteiger partial charge in [-0.15, -0.1) is 0 Å². The Morgan fingerprint density at radius 1 is 1.23 bits per heavy atom. The zero-order chi connectivity index (χ0) is 16.3. The zero-order valence-electron chi connectivity index (χ0n) is 12.4. The van der Waals surface area contributed by atoms with E-state index in [2.05, 4.69) is 4.74 Å². The smallest absolute Gasteiger partial charge is 0.391 e. The molecular weight excluding hydrogens is 299 g/mol. The average Bonchev–Trinajstić information content (AvgIpc) is 2.52. The van der Waals surface area contributed by atoms with E-state index in [4.69, 9.17) is 4.74 Å². The maximum absolute atomic E-state index is 12.7. The standard InChI is InChI=1S/C15H18F3NO3/c1-21-13-4-3-10(14(20)22-2)9-12(13)19-7-5-11(6-8-19)15(16,17)18/h3-4,9,11H,5-8H2,1-2H3. The molecule has 1 fully saturated rings. The molecule has 0 spiro atoms. The molecule has 0 aliphatic carbocycles. The highest BCUT2D eigenvalue weighted by atomic mass is 19.4. The summed E-state index contributed by atoms with van der Waals surface area (Å²) in [5.74, 6) is -1.23. The number of carbonyl (C=O) groups excluding carboxylic acids is 1. The van der Waals surface area contributed by atoms with Crippen LogP contribution in [-0.2, 0) is 4.74 Å². The maximum Gasteiger partial charge on any atom is 0.391 e. The molecule has 4 nitrogen and oxygen atoms in total. The lowest BCUT2D eigenvalue weighted by molar-refractivity contribution is -0.179. The summed E-state index contributed by atoms with van der Waals surface area (Å²) in [4.78, 5) is 13.4. The largest absolute Gasteiger partial charge is 0.495 e. The number of esters is 1. The Bertz CT molecular complexity index is 537. The minimum absolute atomic E-state index is 0.0368. The monoisotopic (exact) mass is 317 g/mol. The summed E-state index contributed by atoms with van der Waals surface area (Å²) in [5, 5.41) is 0. The second-order valence-corrected chi connectivity index (χ2v) is 5.18. The molecular formula is C15H18F3NO3. The molecule has 122 valence electrons. The normalized spacial score (nSPS) is 16.5. The van der Waals surface area contributed by atoms with Gasteiger partial charge in [0.05, 0.1) is 31.4 Å². The van der Waals surface area contributed by atoms with Crippen LogP contribution in [0.25, 0.3) is 0 Å². The van der Waals surface area contributed by atoms with E-state index >= 15 is 0 Å². The predicted octanol–water partition coefficient (Wildman–Crippen LogP) is 3.26. The first kappa shape index (κ1) is 16.5. The van der Waals surface area contributed by atoms with Gasteiger partial charge in [-0.2, -0.15) is 13.2 Å². The van der Waals surface area contributed by atoms with Gasteiger partial charge in [-0.05, 0) is 31.0 Å². The number of alkyl halides is 3. The fourth-order valence-corrected chi connectivity index (χ4v) is 2.63. The molecule has 0 bridgehead atoms. The van der Waals surface area contributed by atoms with Crippen molar-refractivity contribution >= 4 is 11.7 Å². The van der Waals surface area contributed by atoms with Crippen LogP contribution in [0.2, 0.25) is 0 Å². The molecule has 1 aromatic rings. The van der Waals surface area contributed by atoms with Gasteiger partial charge in [-0.1, -0.05) is 0 Å².